The number of hydrogen-bond donors (Lipinski definition) is 2. The zero-order valence-corrected chi connectivity index (χ0v) is 8.39. The monoisotopic (exact) mass is 183 g/mol. The molecular weight excluding hydrogens is 162 g/mol. The second-order valence-electron chi connectivity index (χ2n) is 3.69. The Morgan fingerprint density at radius 3 is 2.92 bits per heavy atom. The first-order valence-corrected chi connectivity index (χ1v) is 5.43. The summed E-state index contributed by atoms with van der Waals surface area (Å²) in [5.41, 5.74) is 1.63. The van der Waals surface area contributed by atoms with E-state index in [9.17, 15) is 0 Å². The van der Waals surface area contributed by atoms with Gasteiger partial charge in [0.25, 0.3) is 0 Å². The van der Waals surface area contributed by atoms with E-state index < -0.39 is 0 Å². The molecule has 0 amide bonds. The van der Waals surface area contributed by atoms with E-state index in [1.54, 1.807) is 5.57 Å². The molecule has 1 aliphatic carbocycles. The molecule has 0 aromatic carbocycles. The van der Waals surface area contributed by atoms with E-state index in [1.807, 2.05) is 0 Å². The minimum atomic E-state index is 0.301. The fourth-order valence-corrected chi connectivity index (χ4v) is 1.71. The summed E-state index contributed by atoms with van der Waals surface area (Å²) in [6, 6.07) is 0. The van der Waals surface area contributed by atoms with Crippen LogP contribution in [0.1, 0.15) is 38.5 Å². The van der Waals surface area contributed by atoms with Gasteiger partial charge < -0.3 is 10.4 Å². The summed E-state index contributed by atoms with van der Waals surface area (Å²) in [6.07, 6.45) is 9.82. The highest BCUT2D eigenvalue weighted by Crippen LogP contribution is 2.19. The van der Waals surface area contributed by atoms with E-state index in [1.165, 1.54) is 32.1 Å². The van der Waals surface area contributed by atoms with Gasteiger partial charge in [-0.05, 0) is 51.6 Å². The Morgan fingerprint density at radius 1 is 1.31 bits per heavy atom. The van der Waals surface area contributed by atoms with Crippen molar-refractivity contribution in [2.45, 2.75) is 38.5 Å². The van der Waals surface area contributed by atoms with Gasteiger partial charge in [0.2, 0.25) is 0 Å². The zero-order valence-electron chi connectivity index (χ0n) is 8.39. The highest BCUT2D eigenvalue weighted by Gasteiger charge is 2.02. The van der Waals surface area contributed by atoms with Gasteiger partial charge in [-0.2, -0.15) is 0 Å². The van der Waals surface area contributed by atoms with Crippen LogP contribution in [0.15, 0.2) is 11.6 Å². The lowest BCUT2D eigenvalue weighted by Crippen LogP contribution is -2.18. The van der Waals surface area contributed by atoms with Crippen LogP contribution in [0.3, 0.4) is 0 Å². The Morgan fingerprint density at radius 2 is 2.23 bits per heavy atom. The Hall–Kier alpha value is -0.340. The normalized spacial score (nSPS) is 17.2. The molecule has 2 nitrogen and oxygen atoms in total. The predicted octanol–water partition coefficient (Wildman–Crippen LogP) is 1.85. The molecule has 0 unspecified atom stereocenters. The highest BCUT2D eigenvalue weighted by atomic mass is 16.3. The van der Waals surface area contributed by atoms with Crippen LogP contribution in [-0.4, -0.2) is 24.8 Å². The van der Waals surface area contributed by atoms with Gasteiger partial charge in [0.1, 0.15) is 0 Å². The molecule has 0 aliphatic heterocycles. The van der Waals surface area contributed by atoms with Crippen molar-refractivity contribution in [2.75, 3.05) is 19.7 Å². The lowest BCUT2D eigenvalue weighted by Gasteiger charge is -2.12. The Balaban J connectivity index is 1.95. The topological polar surface area (TPSA) is 32.3 Å². The molecule has 0 bridgehead atoms. The van der Waals surface area contributed by atoms with Gasteiger partial charge in [0.15, 0.2) is 0 Å². The van der Waals surface area contributed by atoms with Crippen molar-refractivity contribution in [1.29, 1.82) is 0 Å². The summed E-state index contributed by atoms with van der Waals surface area (Å²) in [5.74, 6) is 0. The molecule has 2 N–H and O–H groups in total. The zero-order chi connectivity index (χ0) is 9.36. The lowest BCUT2D eigenvalue weighted by molar-refractivity contribution is 0.286. The third-order valence-electron chi connectivity index (χ3n) is 2.52. The fourth-order valence-electron chi connectivity index (χ4n) is 1.71. The predicted molar refractivity (Wildman–Crippen MR) is 55.7 cm³/mol. The molecule has 0 aromatic rings. The maximum atomic E-state index is 8.56. The maximum Gasteiger partial charge on any atom is 0.0443 e. The molecule has 1 rings (SSSR count). The van der Waals surface area contributed by atoms with Crippen molar-refractivity contribution in [2.24, 2.45) is 0 Å². The molecule has 0 fully saturated rings. The fraction of sp³-hybridized carbons (Fsp3) is 0.818. The maximum absolute atomic E-state index is 8.56. The van der Waals surface area contributed by atoms with Crippen molar-refractivity contribution in [3.05, 3.63) is 11.6 Å². The number of rotatable bonds is 6. The van der Waals surface area contributed by atoms with Gasteiger partial charge in [-0.1, -0.05) is 11.6 Å². The van der Waals surface area contributed by atoms with Gasteiger partial charge in [0.05, 0.1) is 0 Å². The van der Waals surface area contributed by atoms with E-state index in [0.29, 0.717) is 6.61 Å². The van der Waals surface area contributed by atoms with Crippen molar-refractivity contribution < 1.29 is 5.11 Å². The number of nitrogens with one attached hydrogen (secondary N) is 1. The SMILES string of the molecule is OCCCNCCC1=CCCCC1. The van der Waals surface area contributed by atoms with Crippen LogP contribution in [0.2, 0.25) is 0 Å². The second kappa shape index (κ2) is 7.10. The number of aliphatic hydroxyl groups excluding tert-OH is 1. The summed E-state index contributed by atoms with van der Waals surface area (Å²) >= 11 is 0. The second-order valence-corrected chi connectivity index (χ2v) is 3.69. The van der Waals surface area contributed by atoms with E-state index in [2.05, 4.69) is 11.4 Å². The van der Waals surface area contributed by atoms with Gasteiger partial charge in [-0.3, -0.25) is 0 Å². The first kappa shape index (κ1) is 10.7. The Bertz CT molecular complexity index is 154. The molecule has 13 heavy (non-hydrogen) atoms. The average molecular weight is 183 g/mol. The number of aliphatic hydroxyl groups is 1. The average Bonchev–Trinajstić information content (AvgIpc) is 2.19. The molecule has 0 atom stereocenters. The van der Waals surface area contributed by atoms with Gasteiger partial charge in [0, 0.05) is 6.61 Å². The van der Waals surface area contributed by atoms with E-state index in [0.717, 1.165) is 19.5 Å². The van der Waals surface area contributed by atoms with Crippen LogP contribution >= 0.6 is 0 Å². The van der Waals surface area contributed by atoms with Crippen LogP contribution in [0.25, 0.3) is 0 Å². The van der Waals surface area contributed by atoms with Gasteiger partial charge in [-0.15, -0.1) is 0 Å². The summed E-state index contributed by atoms with van der Waals surface area (Å²) in [6.45, 7) is 2.32. The van der Waals surface area contributed by atoms with Crippen LogP contribution in [-0.2, 0) is 0 Å². The first-order chi connectivity index (χ1) is 6.43. The Kier molecular flexibility index (Phi) is 5.87. The lowest BCUT2D eigenvalue weighted by atomic mass is 9.97. The van der Waals surface area contributed by atoms with E-state index in [4.69, 9.17) is 5.11 Å². The van der Waals surface area contributed by atoms with E-state index >= 15 is 0 Å². The summed E-state index contributed by atoms with van der Waals surface area (Å²) in [7, 11) is 0. The van der Waals surface area contributed by atoms with Crippen LogP contribution < -0.4 is 5.32 Å². The third-order valence-corrected chi connectivity index (χ3v) is 2.52. The molecule has 0 aromatic heterocycles. The van der Waals surface area contributed by atoms with Crippen LogP contribution in [0.4, 0.5) is 0 Å². The number of hydrogen-bond acceptors (Lipinski definition) is 2. The molecule has 2 heteroatoms. The molecule has 0 saturated carbocycles. The van der Waals surface area contributed by atoms with E-state index in [-0.39, 0.29) is 0 Å². The molecular formula is C11H21NO. The van der Waals surface area contributed by atoms with Gasteiger partial charge in [-0.25, -0.2) is 0 Å². The van der Waals surface area contributed by atoms with Gasteiger partial charge >= 0.3 is 0 Å². The Labute approximate surface area is 81.0 Å². The molecule has 0 radical (unpaired) electrons. The largest absolute Gasteiger partial charge is 0.396 e. The highest BCUT2D eigenvalue weighted by molar-refractivity contribution is 5.04. The van der Waals surface area contributed by atoms with Crippen LogP contribution in [0.5, 0.6) is 0 Å². The third kappa shape index (κ3) is 5.06. The first-order valence-electron chi connectivity index (χ1n) is 5.43. The summed E-state index contributed by atoms with van der Waals surface area (Å²) in [4.78, 5) is 0. The molecule has 0 spiro atoms. The van der Waals surface area contributed by atoms with Crippen molar-refractivity contribution in [1.82, 2.24) is 5.32 Å². The molecule has 1 aliphatic rings. The standard InChI is InChI=1S/C11H21NO/c13-10-4-8-12-9-7-11-5-2-1-3-6-11/h5,12-13H,1-4,6-10H2. The van der Waals surface area contributed by atoms with Crippen molar-refractivity contribution >= 4 is 0 Å². The smallest absolute Gasteiger partial charge is 0.0443 e. The summed E-state index contributed by atoms with van der Waals surface area (Å²) < 4.78 is 0. The number of allylic oxidation sites excluding steroid dienone is 1. The van der Waals surface area contributed by atoms with Crippen LogP contribution in [0, 0.1) is 0 Å². The summed E-state index contributed by atoms with van der Waals surface area (Å²) in [5, 5.41) is 11.9. The molecule has 76 valence electrons. The molecule has 0 saturated heterocycles. The van der Waals surface area contributed by atoms with Crippen molar-refractivity contribution in [3.8, 4) is 0 Å². The minimum absolute atomic E-state index is 0.301. The van der Waals surface area contributed by atoms with Crippen molar-refractivity contribution in [3.63, 3.8) is 0 Å². The minimum Gasteiger partial charge on any atom is -0.396 e. The molecule has 0 heterocycles. The quantitative estimate of drug-likeness (QED) is 0.486.